The summed E-state index contributed by atoms with van der Waals surface area (Å²) in [6.07, 6.45) is 0. The summed E-state index contributed by atoms with van der Waals surface area (Å²) in [5, 5.41) is 30.9. The number of aliphatic carboxylic acids is 3. The van der Waals surface area contributed by atoms with Crippen LogP contribution < -0.4 is 5.32 Å². The fraction of sp³-hybridized carbons (Fsp3) is 0.808. The van der Waals surface area contributed by atoms with Crippen molar-refractivity contribution in [3.8, 4) is 0 Å². The average molecular weight is 586 g/mol. The van der Waals surface area contributed by atoms with Gasteiger partial charge >= 0.3 is 17.9 Å². The molecule has 4 N–H and O–H groups in total. The van der Waals surface area contributed by atoms with Crippen LogP contribution in [0.4, 0.5) is 0 Å². The molecule has 0 aliphatic carbocycles. The molecule has 0 atom stereocenters. The van der Waals surface area contributed by atoms with Crippen LogP contribution in [0.2, 0.25) is 0 Å². The Balaban J connectivity index is 2.00. The Kier molecular flexibility index (Phi) is 15.0. The molecule has 0 radical (unpaired) electrons. The highest BCUT2D eigenvalue weighted by Crippen LogP contribution is 2.06. The maximum atomic E-state index is 13.2. The largest absolute Gasteiger partial charge is 0.480 e. The van der Waals surface area contributed by atoms with Crippen LogP contribution in [-0.2, 0) is 24.0 Å². The monoisotopic (exact) mass is 585 g/mol. The van der Waals surface area contributed by atoms with Gasteiger partial charge in [0.05, 0.1) is 32.7 Å². The van der Waals surface area contributed by atoms with Crippen LogP contribution in [0.5, 0.6) is 0 Å². The van der Waals surface area contributed by atoms with Crippen LogP contribution in [0.3, 0.4) is 0 Å². The molecule has 0 unspecified atom stereocenters. The Hall–Kier alpha value is -2.85. The number of amides is 2. The molecular formula is C26H47N7O8. The van der Waals surface area contributed by atoms with Crippen LogP contribution in [0.15, 0.2) is 0 Å². The number of carboxylic acids is 3. The highest BCUT2D eigenvalue weighted by atomic mass is 16.4. The summed E-state index contributed by atoms with van der Waals surface area (Å²) in [6.45, 7) is 9.45. The quantitative estimate of drug-likeness (QED) is 0.187. The van der Waals surface area contributed by atoms with E-state index in [4.69, 9.17) is 0 Å². The van der Waals surface area contributed by atoms with Gasteiger partial charge in [-0.05, 0) is 5.92 Å². The van der Waals surface area contributed by atoms with Crippen molar-refractivity contribution >= 4 is 29.7 Å². The number of hydrogen-bond donors (Lipinski definition) is 4. The molecule has 0 aromatic heterocycles. The SMILES string of the molecule is CC(C)CNC(=O)CN1CCN(C(=O)CN2CCN(CC(=O)O)CCN(CC(=O)O)CCN(CC(=O)O)CC2)CC1. The zero-order valence-electron chi connectivity index (χ0n) is 24.4. The lowest BCUT2D eigenvalue weighted by Crippen LogP contribution is -2.54. The number of rotatable bonds is 12. The average Bonchev–Trinajstić information content (AvgIpc) is 2.88. The fourth-order valence-corrected chi connectivity index (χ4v) is 4.81. The summed E-state index contributed by atoms with van der Waals surface area (Å²) < 4.78 is 0. The minimum atomic E-state index is -1.01. The highest BCUT2D eigenvalue weighted by Gasteiger charge is 2.25. The Morgan fingerprint density at radius 1 is 0.537 bits per heavy atom. The van der Waals surface area contributed by atoms with Gasteiger partial charge in [-0.2, -0.15) is 0 Å². The van der Waals surface area contributed by atoms with E-state index in [2.05, 4.69) is 5.32 Å². The summed E-state index contributed by atoms with van der Waals surface area (Å²) in [4.78, 5) is 70.5. The molecule has 2 fully saturated rings. The molecule has 41 heavy (non-hydrogen) atoms. The van der Waals surface area contributed by atoms with Crippen molar-refractivity contribution in [1.29, 1.82) is 0 Å². The highest BCUT2D eigenvalue weighted by molar-refractivity contribution is 5.79. The van der Waals surface area contributed by atoms with E-state index in [-0.39, 0.29) is 38.0 Å². The van der Waals surface area contributed by atoms with Crippen molar-refractivity contribution in [3.63, 3.8) is 0 Å². The van der Waals surface area contributed by atoms with E-state index in [0.717, 1.165) is 0 Å². The molecule has 2 heterocycles. The molecule has 0 bridgehead atoms. The minimum absolute atomic E-state index is 0.0271. The van der Waals surface area contributed by atoms with Gasteiger partial charge in [0.1, 0.15) is 0 Å². The van der Waals surface area contributed by atoms with E-state index in [1.54, 1.807) is 19.6 Å². The number of nitrogens with zero attached hydrogens (tertiary/aromatic N) is 6. The molecular weight excluding hydrogens is 538 g/mol. The number of carbonyl (C=O) groups excluding carboxylic acids is 2. The van der Waals surface area contributed by atoms with E-state index in [1.807, 2.05) is 23.6 Å². The Labute approximate surface area is 241 Å². The van der Waals surface area contributed by atoms with Gasteiger partial charge in [0.2, 0.25) is 11.8 Å². The van der Waals surface area contributed by atoms with Gasteiger partial charge in [-0.25, -0.2) is 0 Å². The number of hydrogen-bond acceptors (Lipinski definition) is 10. The van der Waals surface area contributed by atoms with E-state index >= 15 is 0 Å². The molecule has 15 heteroatoms. The van der Waals surface area contributed by atoms with E-state index in [1.165, 1.54) is 0 Å². The van der Waals surface area contributed by atoms with Gasteiger partial charge in [0.25, 0.3) is 0 Å². The standard InChI is InChI=1S/C26H47N7O8/c1-21(2)15-27-22(34)16-28-11-13-33(14-12-28)23(35)17-29-3-5-30(18-24(36)37)7-9-32(20-26(40)41)10-8-31(6-4-29)19-25(38)39/h21H,3-20H2,1-2H3,(H,27,34)(H,36,37)(H,38,39)(H,40,41). The third-order valence-corrected chi connectivity index (χ3v) is 7.16. The first-order valence-electron chi connectivity index (χ1n) is 14.2. The van der Waals surface area contributed by atoms with Gasteiger partial charge in [0.15, 0.2) is 0 Å². The number of nitrogens with one attached hydrogen (secondary N) is 1. The molecule has 0 aromatic rings. The van der Waals surface area contributed by atoms with Crippen molar-refractivity contribution in [2.75, 3.05) is 118 Å². The van der Waals surface area contributed by atoms with Crippen LogP contribution in [0.1, 0.15) is 13.8 Å². The molecule has 15 nitrogen and oxygen atoms in total. The second-order valence-electron chi connectivity index (χ2n) is 11.1. The molecule has 0 spiro atoms. The second-order valence-corrected chi connectivity index (χ2v) is 11.1. The lowest BCUT2D eigenvalue weighted by molar-refractivity contribution is -0.141. The van der Waals surface area contributed by atoms with Gasteiger partial charge in [-0.15, -0.1) is 0 Å². The minimum Gasteiger partial charge on any atom is -0.480 e. The first kappa shape index (κ1) is 34.4. The molecule has 2 rings (SSSR count). The maximum Gasteiger partial charge on any atom is 0.317 e. The van der Waals surface area contributed by atoms with Crippen molar-refractivity contribution < 1.29 is 39.3 Å². The molecule has 2 aliphatic heterocycles. The molecule has 2 aliphatic rings. The lowest BCUT2D eigenvalue weighted by atomic mass is 10.2. The Morgan fingerprint density at radius 2 is 0.854 bits per heavy atom. The molecule has 234 valence electrons. The van der Waals surface area contributed by atoms with Gasteiger partial charge in [-0.3, -0.25) is 48.5 Å². The summed E-state index contributed by atoms with van der Waals surface area (Å²) in [7, 11) is 0. The molecule has 2 amide bonds. The third-order valence-electron chi connectivity index (χ3n) is 7.16. The van der Waals surface area contributed by atoms with Gasteiger partial charge in [0, 0.05) is 85.1 Å². The van der Waals surface area contributed by atoms with Crippen LogP contribution >= 0.6 is 0 Å². The van der Waals surface area contributed by atoms with E-state index in [9.17, 15) is 39.3 Å². The van der Waals surface area contributed by atoms with Crippen LogP contribution in [-0.4, -0.2) is 192 Å². The summed E-state index contributed by atoms with van der Waals surface area (Å²) in [5.41, 5.74) is 0. The Morgan fingerprint density at radius 3 is 1.20 bits per heavy atom. The first-order valence-corrected chi connectivity index (χ1v) is 14.2. The number of carbonyl (C=O) groups is 5. The predicted molar refractivity (Wildman–Crippen MR) is 150 cm³/mol. The third kappa shape index (κ3) is 14.6. The summed E-state index contributed by atoms with van der Waals surface area (Å²) in [5.74, 6) is -2.71. The summed E-state index contributed by atoms with van der Waals surface area (Å²) >= 11 is 0. The van der Waals surface area contributed by atoms with Crippen molar-refractivity contribution in [3.05, 3.63) is 0 Å². The van der Waals surface area contributed by atoms with Crippen molar-refractivity contribution in [2.24, 2.45) is 5.92 Å². The van der Waals surface area contributed by atoms with Gasteiger partial charge < -0.3 is 25.5 Å². The fourth-order valence-electron chi connectivity index (χ4n) is 4.81. The van der Waals surface area contributed by atoms with Crippen molar-refractivity contribution in [2.45, 2.75) is 13.8 Å². The molecule has 0 saturated carbocycles. The van der Waals surface area contributed by atoms with Gasteiger partial charge in [-0.1, -0.05) is 13.8 Å². The van der Waals surface area contributed by atoms with Crippen LogP contribution in [0, 0.1) is 5.92 Å². The topological polar surface area (TPSA) is 178 Å². The predicted octanol–water partition coefficient (Wildman–Crippen LogP) is -2.62. The molecule has 2 saturated heterocycles. The van der Waals surface area contributed by atoms with E-state index in [0.29, 0.717) is 97.5 Å². The van der Waals surface area contributed by atoms with Crippen LogP contribution in [0.25, 0.3) is 0 Å². The smallest absolute Gasteiger partial charge is 0.317 e. The normalized spacial score (nSPS) is 19.8. The van der Waals surface area contributed by atoms with E-state index < -0.39 is 17.9 Å². The number of carboxylic acid groups (broad SMARTS) is 3. The zero-order valence-corrected chi connectivity index (χ0v) is 24.4. The maximum absolute atomic E-state index is 13.2. The Bertz CT molecular complexity index is 850. The summed E-state index contributed by atoms with van der Waals surface area (Å²) in [6, 6.07) is 0. The zero-order chi connectivity index (χ0) is 30.4. The van der Waals surface area contributed by atoms with Crippen molar-refractivity contribution in [1.82, 2.24) is 34.7 Å². The second kappa shape index (κ2) is 17.9. The lowest BCUT2D eigenvalue weighted by Gasteiger charge is -2.36. The molecule has 0 aromatic carbocycles. The first-order chi connectivity index (χ1) is 19.4. The number of piperazine rings is 1.